The average Bonchev–Trinajstić information content (AvgIpc) is 2.54. The first-order chi connectivity index (χ1) is 10.4. The van der Waals surface area contributed by atoms with E-state index >= 15 is 0 Å². The van der Waals surface area contributed by atoms with Gasteiger partial charge in [0.2, 0.25) is 0 Å². The Labute approximate surface area is 135 Å². The third-order valence-electron chi connectivity index (χ3n) is 3.55. The van der Waals surface area contributed by atoms with E-state index in [1.807, 2.05) is 54.6 Å². The van der Waals surface area contributed by atoms with Crippen LogP contribution < -0.4 is 21.0 Å². The van der Waals surface area contributed by atoms with Crippen LogP contribution in [0.1, 0.15) is 0 Å². The van der Waals surface area contributed by atoms with Crippen LogP contribution in [0.2, 0.25) is 0 Å². The van der Waals surface area contributed by atoms with Gasteiger partial charge in [0.1, 0.15) is 5.75 Å². The Bertz CT molecular complexity index is 793. The summed E-state index contributed by atoms with van der Waals surface area (Å²) in [6.07, 6.45) is 0. The van der Waals surface area contributed by atoms with E-state index in [4.69, 9.17) is 4.74 Å². The van der Waals surface area contributed by atoms with Gasteiger partial charge in [-0.15, -0.1) is 0 Å². The van der Waals surface area contributed by atoms with Crippen molar-refractivity contribution in [2.45, 2.75) is 0 Å². The van der Waals surface area contributed by atoms with Crippen molar-refractivity contribution in [3.63, 3.8) is 0 Å². The molecule has 3 aromatic carbocycles. The van der Waals surface area contributed by atoms with E-state index in [1.54, 1.807) is 0 Å². The Balaban J connectivity index is 0.000000960. The first-order valence-electron chi connectivity index (χ1n) is 6.97. The van der Waals surface area contributed by atoms with Crippen molar-refractivity contribution < 1.29 is 15.7 Å². The molecule has 1 radical (unpaired) electrons. The van der Waals surface area contributed by atoms with Crippen LogP contribution in [-0.2, 0) is 0 Å². The molecule has 4 rings (SSSR count). The molecule has 1 heterocycles. The van der Waals surface area contributed by atoms with Crippen molar-refractivity contribution in [3.05, 3.63) is 72.8 Å². The molecule has 0 fully saturated rings. The molecule has 5 N–H and O–H groups in total. The number of hydrogen-bond donors (Lipinski definition) is 1. The fourth-order valence-electron chi connectivity index (χ4n) is 2.53. The summed E-state index contributed by atoms with van der Waals surface area (Å²) in [5.41, 5.74) is 4.30. The maximum Gasteiger partial charge on any atom is 0.194 e. The molecule has 0 unspecified atom stereocenters. The molecule has 0 saturated carbocycles. The summed E-state index contributed by atoms with van der Waals surface area (Å²) < 4.78 is 5.97. The molecular weight excluding hydrogens is 289 g/mol. The molecule has 0 atom stereocenters. The fraction of sp³-hybridized carbons (Fsp3) is 0. The van der Waals surface area contributed by atoms with Crippen LogP contribution in [-0.4, -0.2) is 18.2 Å². The lowest BCUT2D eigenvalue weighted by Crippen LogP contribution is -2.29. The Hall–Kier alpha value is -2.76. The molecule has 115 valence electrons. The zero-order valence-corrected chi connectivity index (χ0v) is 12.4. The van der Waals surface area contributed by atoms with Crippen molar-refractivity contribution in [2.24, 2.45) is 0 Å². The monoisotopic (exact) mass is 306 g/mol. The van der Waals surface area contributed by atoms with Crippen LogP contribution in [0.3, 0.4) is 0 Å². The van der Waals surface area contributed by atoms with E-state index in [2.05, 4.69) is 30.8 Å². The van der Waals surface area contributed by atoms with Gasteiger partial charge in [0, 0.05) is 0 Å². The predicted octanol–water partition coefficient (Wildman–Crippen LogP) is 1.54. The quantitative estimate of drug-likeness (QED) is 0.570. The summed E-state index contributed by atoms with van der Waals surface area (Å²) in [7, 11) is 2.16. The normalized spacial score (nSPS) is 10.6. The van der Waals surface area contributed by atoms with Gasteiger partial charge in [-0.05, 0) is 18.2 Å². The van der Waals surface area contributed by atoms with Crippen molar-refractivity contribution in [1.29, 1.82) is 0 Å². The predicted molar refractivity (Wildman–Crippen MR) is 94.9 cm³/mol. The highest BCUT2D eigenvalue weighted by molar-refractivity contribution is 6.69. The van der Waals surface area contributed by atoms with E-state index < -0.39 is 0 Å². The zero-order valence-electron chi connectivity index (χ0n) is 12.4. The van der Waals surface area contributed by atoms with Crippen LogP contribution in [0.4, 0.5) is 11.4 Å². The maximum atomic E-state index is 5.97. The molecule has 0 spiro atoms. The molecule has 5 heteroatoms. The summed E-state index contributed by atoms with van der Waals surface area (Å²) in [5, 5.41) is 3.47. The second kappa shape index (κ2) is 7.00. The lowest BCUT2D eigenvalue weighted by Gasteiger charge is -2.24. The highest BCUT2D eigenvalue weighted by Gasteiger charge is 2.18. The summed E-state index contributed by atoms with van der Waals surface area (Å²) in [6, 6.07) is 24.4. The van der Waals surface area contributed by atoms with Crippen LogP contribution in [0, 0.1) is 0 Å². The molecule has 0 aliphatic carbocycles. The number of benzene rings is 3. The summed E-state index contributed by atoms with van der Waals surface area (Å²) >= 11 is 0. The van der Waals surface area contributed by atoms with E-state index in [0.29, 0.717) is 0 Å². The van der Waals surface area contributed by atoms with Crippen LogP contribution in [0.15, 0.2) is 72.8 Å². The van der Waals surface area contributed by atoms with Crippen LogP contribution in [0.25, 0.3) is 0 Å². The second-order valence-corrected chi connectivity index (χ2v) is 5.00. The zero-order chi connectivity index (χ0) is 14.1. The Morgan fingerprint density at radius 2 is 1.39 bits per heavy atom. The number of nitrogens with one attached hydrogen (secondary N) is 1. The number of fused-ring (bicyclic) bond motifs is 2. The van der Waals surface area contributed by atoms with Gasteiger partial charge in [-0.25, -0.2) is 0 Å². The molecule has 0 bridgehead atoms. The average molecular weight is 306 g/mol. The number of ether oxygens (including phenoxy) is 1. The molecule has 1 aliphatic heterocycles. The fourth-order valence-corrected chi connectivity index (χ4v) is 2.53. The van der Waals surface area contributed by atoms with E-state index in [1.165, 1.54) is 5.46 Å². The summed E-state index contributed by atoms with van der Waals surface area (Å²) in [5.74, 6) is 1.72. The van der Waals surface area contributed by atoms with E-state index in [9.17, 15) is 0 Å². The van der Waals surface area contributed by atoms with E-state index in [-0.39, 0.29) is 11.0 Å². The topological polar surface area (TPSA) is 84.3 Å². The molecule has 4 nitrogen and oxygen atoms in total. The maximum absolute atomic E-state index is 5.97. The lowest BCUT2D eigenvalue weighted by atomic mass is 9.63. The van der Waals surface area contributed by atoms with Gasteiger partial charge in [0.25, 0.3) is 0 Å². The highest BCUT2D eigenvalue weighted by Crippen LogP contribution is 2.40. The molecular formula is C18H17BNO3. The third kappa shape index (κ3) is 3.21. The van der Waals surface area contributed by atoms with E-state index in [0.717, 1.165) is 28.3 Å². The first kappa shape index (κ1) is 16.6. The molecule has 0 amide bonds. The molecule has 1 aliphatic rings. The SMILES string of the molecule is O.O.[B](c1ccccc1)c1cccc2c1Nc1ccccc1O2. The molecule has 0 saturated heterocycles. The number of para-hydroxylation sites is 3. The van der Waals surface area contributed by atoms with Crippen LogP contribution in [0.5, 0.6) is 11.5 Å². The van der Waals surface area contributed by atoms with Gasteiger partial charge < -0.3 is 21.0 Å². The van der Waals surface area contributed by atoms with Gasteiger partial charge in [-0.2, -0.15) is 0 Å². The third-order valence-corrected chi connectivity index (χ3v) is 3.55. The van der Waals surface area contributed by atoms with Crippen molar-refractivity contribution in [3.8, 4) is 11.5 Å². The minimum Gasteiger partial charge on any atom is -0.453 e. The van der Waals surface area contributed by atoms with Gasteiger partial charge in [0.15, 0.2) is 13.0 Å². The first-order valence-corrected chi connectivity index (χ1v) is 6.97. The highest BCUT2D eigenvalue weighted by atomic mass is 16.5. The smallest absolute Gasteiger partial charge is 0.194 e. The van der Waals surface area contributed by atoms with Crippen LogP contribution >= 0.6 is 0 Å². The van der Waals surface area contributed by atoms with Gasteiger partial charge in [0.05, 0.1) is 11.4 Å². The summed E-state index contributed by atoms with van der Waals surface area (Å²) in [4.78, 5) is 0. The lowest BCUT2D eigenvalue weighted by molar-refractivity contribution is 0.481. The van der Waals surface area contributed by atoms with Gasteiger partial charge in [-0.3, -0.25) is 0 Å². The van der Waals surface area contributed by atoms with Gasteiger partial charge >= 0.3 is 0 Å². The van der Waals surface area contributed by atoms with Crippen molar-refractivity contribution >= 4 is 29.6 Å². The Kier molecular flexibility index (Phi) is 5.06. The Morgan fingerprint density at radius 1 is 0.696 bits per heavy atom. The molecule has 0 aromatic heterocycles. The van der Waals surface area contributed by atoms with Crippen molar-refractivity contribution in [2.75, 3.05) is 5.32 Å². The minimum absolute atomic E-state index is 0. The summed E-state index contributed by atoms with van der Waals surface area (Å²) in [6.45, 7) is 0. The molecule has 23 heavy (non-hydrogen) atoms. The van der Waals surface area contributed by atoms with Crippen molar-refractivity contribution in [1.82, 2.24) is 0 Å². The largest absolute Gasteiger partial charge is 0.453 e. The molecule has 3 aromatic rings. The number of rotatable bonds is 2. The van der Waals surface area contributed by atoms with Gasteiger partial charge in [-0.1, -0.05) is 65.5 Å². The second-order valence-electron chi connectivity index (χ2n) is 5.00. The Morgan fingerprint density at radius 3 is 2.22 bits per heavy atom. The number of anilines is 2. The standard InChI is InChI=1S/C18H13BNO.2H2O/c1-2-7-13(8-3-1)19-14-9-6-12-17-18(14)20-15-10-4-5-11-16(15)21-17;;/h1-12,20H;2*1H2. The minimum atomic E-state index is 0. The number of hydrogen-bond acceptors (Lipinski definition) is 2.